The second-order valence-electron chi connectivity index (χ2n) is 3.72. The molecule has 2 rings (SSSR count). The molecule has 0 saturated heterocycles. The second kappa shape index (κ2) is 5.23. The first kappa shape index (κ1) is 13.3. The molecule has 2 aromatic rings. The van der Waals surface area contributed by atoms with Gasteiger partial charge < -0.3 is 9.26 Å². The molecule has 1 heterocycles. The molecule has 0 spiro atoms. The topological polar surface area (TPSA) is 91.3 Å². The lowest BCUT2D eigenvalue weighted by Gasteiger charge is -2.02. The lowest BCUT2D eigenvalue weighted by Crippen LogP contribution is -1.94. The van der Waals surface area contributed by atoms with Gasteiger partial charge in [0.1, 0.15) is 0 Å². The summed E-state index contributed by atoms with van der Waals surface area (Å²) >= 11 is 5.83. The molecule has 1 aromatic carbocycles. The summed E-state index contributed by atoms with van der Waals surface area (Å²) in [5, 5.41) is 14.1. The highest BCUT2D eigenvalue weighted by Crippen LogP contribution is 2.32. The van der Waals surface area contributed by atoms with Gasteiger partial charge in [0.15, 0.2) is 11.6 Å². The summed E-state index contributed by atoms with van der Waals surface area (Å²) in [5.74, 6) is 0.714. The summed E-state index contributed by atoms with van der Waals surface area (Å²) in [6.45, 7) is 1.71. The number of nitro benzene ring substituents is 1. The van der Waals surface area contributed by atoms with Crippen LogP contribution in [0.1, 0.15) is 18.1 Å². The molecule has 0 bridgehead atoms. The molecule has 0 fully saturated rings. The molecule has 1 unspecified atom stereocenters. The van der Waals surface area contributed by atoms with E-state index in [0.29, 0.717) is 11.4 Å². The summed E-state index contributed by atoms with van der Waals surface area (Å²) < 4.78 is 10.0. The van der Waals surface area contributed by atoms with E-state index >= 15 is 0 Å². The maximum Gasteiger partial charge on any atom is 0.310 e. The monoisotopic (exact) mass is 283 g/mol. The van der Waals surface area contributed by atoms with Crippen molar-refractivity contribution in [3.8, 4) is 17.2 Å². The number of nitro groups is 1. The number of alkyl halides is 1. The molecule has 0 aliphatic heterocycles. The first-order chi connectivity index (χ1) is 9.02. The Morgan fingerprint density at radius 1 is 1.53 bits per heavy atom. The Bertz CT molecular complexity index is 612. The summed E-state index contributed by atoms with van der Waals surface area (Å²) in [4.78, 5) is 14.3. The highest BCUT2D eigenvalue weighted by atomic mass is 35.5. The predicted octanol–water partition coefficient (Wildman–Crippen LogP) is 2.95. The molecule has 0 amide bonds. The minimum atomic E-state index is -0.525. The first-order valence-electron chi connectivity index (χ1n) is 5.33. The van der Waals surface area contributed by atoms with Gasteiger partial charge in [0, 0.05) is 17.7 Å². The molecule has 0 aliphatic carbocycles. The van der Waals surface area contributed by atoms with Crippen molar-refractivity contribution in [1.82, 2.24) is 10.1 Å². The van der Waals surface area contributed by atoms with Crippen molar-refractivity contribution in [3.05, 3.63) is 34.1 Å². The number of hydrogen-bond donors (Lipinski definition) is 0. The van der Waals surface area contributed by atoms with E-state index in [1.165, 1.54) is 25.3 Å². The zero-order valence-corrected chi connectivity index (χ0v) is 10.9. The van der Waals surface area contributed by atoms with Gasteiger partial charge in [-0.2, -0.15) is 4.98 Å². The molecule has 1 atom stereocenters. The van der Waals surface area contributed by atoms with Crippen molar-refractivity contribution < 1.29 is 14.2 Å². The van der Waals surface area contributed by atoms with Gasteiger partial charge in [-0.25, -0.2) is 0 Å². The summed E-state index contributed by atoms with van der Waals surface area (Å²) in [7, 11) is 1.35. The molecule has 7 nitrogen and oxygen atoms in total. The Morgan fingerprint density at radius 3 is 2.79 bits per heavy atom. The zero-order chi connectivity index (χ0) is 14.0. The molecule has 0 radical (unpaired) electrons. The van der Waals surface area contributed by atoms with Crippen LogP contribution in [-0.4, -0.2) is 22.2 Å². The molecule has 19 heavy (non-hydrogen) atoms. The van der Waals surface area contributed by atoms with E-state index < -0.39 is 4.92 Å². The van der Waals surface area contributed by atoms with E-state index in [9.17, 15) is 10.1 Å². The number of benzene rings is 1. The van der Waals surface area contributed by atoms with Gasteiger partial charge in [-0.1, -0.05) is 5.16 Å². The van der Waals surface area contributed by atoms with Crippen LogP contribution in [0.4, 0.5) is 5.69 Å². The van der Waals surface area contributed by atoms with Crippen LogP contribution in [0.2, 0.25) is 0 Å². The quantitative estimate of drug-likeness (QED) is 0.486. The Hall–Kier alpha value is -2.15. The van der Waals surface area contributed by atoms with Crippen molar-refractivity contribution in [2.45, 2.75) is 12.3 Å². The maximum atomic E-state index is 10.8. The number of nitrogens with zero attached hydrogens (tertiary/aromatic N) is 3. The molecule has 1 aromatic heterocycles. The van der Waals surface area contributed by atoms with E-state index in [0.717, 1.165) is 0 Å². The normalized spacial score (nSPS) is 12.2. The molecule has 0 aliphatic rings. The Morgan fingerprint density at radius 2 is 2.26 bits per heavy atom. The van der Waals surface area contributed by atoms with Crippen molar-refractivity contribution in [3.63, 3.8) is 0 Å². The number of halogens is 1. The van der Waals surface area contributed by atoms with E-state index in [1.807, 2.05) is 0 Å². The standard InChI is InChI=1S/C11H10ClN3O4/c1-6(12)10-13-11(19-14-10)7-3-4-8(15(16)17)9(5-7)18-2/h3-6H,1-2H3. The van der Waals surface area contributed by atoms with Gasteiger partial charge in [-0.3, -0.25) is 10.1 Å². The van der Waals surface area contributed by atoms with Crippen LogP contribution < -0.4 is 4.74 Å². The minimum Gasteiger partial charge on any atom is -0.490 e. The number of aromatic nitrogens is 2. The van der Waals surface area contributed by atoms with Crippen LogP contribution >= 0.6 is 11.6 Å². The van der Waals surface area contributed by atoms with Gasteiger partial charge in [0.2, 0.25) is 0 Å². The molecule has 100 valence electrons. The van der Waals surface area contributed by atoms with E-state index in [1.54, 1.807) is 6.92 Å². The third kappa shape index (κ3) is 2.65. The highest BCUT2D eigenvalue weighted by molar-refractivity contribution is 6.20. The zero-order valence-electron chi connectivity index (χ0n) is 10.2. The molecular weight excluding hydrogens is 274 g/mol. The van der Waals surface area contributed by atoms with E-state index in [-0.39, 0.29) is 22.7 Å². The largest absolute Gasteiger partial charge is 0.490 e. The summed E-state index contributed by atoms with van der Waals surface area (Å²) in [5.41, 5.74) is 0.398. The highest BCUT2D eigenvalue weighted by Gasteiger charge is 2.18. The van der Waals surface area contributed by atoms with Crippen LogP contribution in [0.5, 0.6) is 5.75 Å². The van der Waals surface area contributed by atoms with Gasteiger partial charge >= 0.3 is 5.69 Å². The number of ether oxygens (including phenoxy) is 1. The maximum absolute atomic E-state index is 10.8. The van der Waals surface area contributed by atoms with Crippen LogP contribution in [0.25, 0.3) is 11.5 Å². The van der Waals surface area contributed by atoms with Crippen molar-refractivity contribution >= 4 is 17.3 Å². The fraction of sp³-hybridized carbons (Fsp3) is 0.273. The lowest BCUT2D eigenvalue weighted by molar-refractivity contribution is -0.385. The average molecular weight is 284 g/mol. The predicted molar refractivity (Wildman–Crippen MR) is 67.2 cm³/mol. The molecule has 8 heteroatoms. The number of rotatable bonds is 4. The second-order valence-corrected chi connectivity index (χ2v) is 4.37. The lowest BCUT2D eigenvalue weighted by atomic mass is 10.2. The van der Waals surface area contributed by atoms with Crippen LogP contribution in [0, 0.1) is 10.1 Å². The molecule has 0 saturated carbocycles. The van der Waals surface area contributed by atoms with Crippen LogP contribution in [-0.2, 0) is 0 Å². The molecule has 0 N–H and O–H groups in total. The molecular formula is C11H10ClN3O4. The third-order valence-electron chi connectivity index (χ3n) is 2.42. The minimum absolute atomic E-state index is 0.126. The smallest absolute Gasteiger partial charge is 0.310 e. The SMILES string of the molecule is COc1cc(-c2nc(C(C)Cl)no2)ccc1[N+](=O)[O-]. The fourth-order valence-electron chi connectivity index (χ4n) is 1.48. The van der Waals surface area contributed by atoms with E-state index in [2.05, 4.69) is 10.1 Å². The third-order valence-corrected chi connectivity index (χ3v) is 2.62. The first-order valence-corrected chi connectivity index (χ1v) is 5.77. The Labute approximate surface area is 113 Å². The average Bonchev–Trinajstić information content (AvgIpc) is 2.87. The number of hydrogen-bond acceptors (Lipinski definition) is 6. The Balaban J connectivity index is 2.42. The van der Waals surface area contributed by atoms with Gasteiger partial charge in [0.05, 0.1) is 17.4 Å². The van der Waals surface area contributed by atoms with Gasteiger partial charge in [-0.05, 0) is 13.0 Å². The Kier molecular flexibility index (Phi) is 3.66. The summed E-state index contributed by atoms with van der Waals surface area (Å²) in [6.07, 6.45) is 0. The van der Waals surface area contributed by atoms with Crippen LogP contribution in [0.15, 0.2) is 22.7 Å². The van der Waals surface area contributed by atoms with Gasteiger partial charge in [0.25, 0.3) is 5.89 Å². The van der Waals surface area contributed by atoms with Crippen molar-refractivity contribution in [1.29, 1.82) is 0 Å². The van der Waals surface area contributed by atoms with Gasteiger partial charge in [-0.15, -0.1) is 11.6 Å². The fourth-order valence-corrected chi connectivity index (χ4v) is 1.56. The van der Waals surface area contributed by atoms with Crippen LogP contribution in [0.3, 0.4) is 0 Å². The van der Waals surface area contributed by atoms with Crippen molar-refractivity contribution in [2.75, 3.05) is 7.11 Å². The van der Waals surface area contributed by atoms with Crippen molar-refractivity contribution in [2.24, 2.45) is 0 Å². The number of methoxy groups -OCH3 is 1. The summed E-state index contributed by atoms with van der Waals surface area (Å²) in [6, 6.07) is 4.30. The van der Waals surface area contributed by atoms with E-state index in [4.69, 9.17) is 20.9 Å².